The van der Waals surface area contributed by atoms with Gasteiger partial charge >= 0.3 is 5.97 Å². The van der Waals surface area contributed by atoms with Crippen LogP contribution in [0.2, 0.25) is 10.0 Å². The number of halogens is 2. The van der Waals surface area contributed by atoms with Gasteiger partial charge in [-0.25, -0.2) is 4.90 Å². The van der Waals surface area contributed by atoms with E-state index in [0.29, 0.717) is 34.3 Å². The van der Waals surface area contributed by atoms with Gasteiger partial charge in [-0.15, -0.1) is 0 Å². The van der Waals surface area contributed by atoms with Crippen LogP contribution < -0.4 is 14.5 Å². The number of allylic oxidation sites excluding steroid dienone is 2. The summed E-state index contributed by atoms with van der Waals surface area (Å²) in [6.07, 6.45) is 4.92. The van der Waals surface area contributed by atoms with Crippen molar-refractivity contribution < 1.29 is 23.9 Å². The summed E-state index contributed by atoms with van der Waals surface area (Å²) in [7, 11) is 0. The minimum atomic E-state index is -0.699. The van der Waals surface area contributed by atoms with E-state index in [1.54, 1.807) is 36.4 Å². The molecule has 0 spiro atoms. The number of fused-ring (bicyclic) bond motifs is 1. The molecule has 2 aromatic carbocycles. The van der Waals surface area contributed by atoms with Crippen LogP contribution in [0.15, 0.2) is 54.6 Å². The van der Waals surface area contributed by atoms with Crippen LogP contribution in [0.1, 0.15) is 19.3 Å². The summed E-state index contributed by atoms with van der Waals surface area (Å²) in [5.41, 5.74) is 0.808. The number of carbonyl (C=O) groups is 4. The Morgan fingerprint density at radius 3 is 2.35 bits per heavy atom. The highest BCUT2D eigenvalue weighted by Crippen LogP contribution is 2.39. The Morgan fingerprint density at radius 2 is 1.65 bits per heavy atom. The maximum atomic E-state index is 12.9. The second kappa shape index (κ2) is 8.89. The van der Waals surface area contributed by atoms with Crippen LogP contribution in [0, 0.1) is 17.8 Å². The predicted octanol–water partition coefficient (Wildman–Crippen LogP) is 4.41. The van der Waals surface area contributed by atoms with Gasteiger partial charge in [0.1, 0.15) is 5.75 Å². The van der Waals surface area contributed by atoms with E-state index in [1.807, 2.05) is 12.2 Å². The zero-order valence-electron chi connectivity index (χ0n) is 17.9. The van der Waals surface area contributed by atoms with Gasteiger partial charge < -0.3 is 9.64 Å². The third kappa shape index (κ3) is 3.99. The van der Waals surface area contributed by atoms with E-state index < -0.39 is 11.9 Å². The summed E-state index contributed by atoms with van der Waals surface area (Å²) in [5, 5.41) is 0.784. The maximum absolute atomic E-state index is 12.9. The molecule has 2 aromatic rings. The lowest BCUT2D eigenvalue weighted by Crippen LogP contribution is -2.31. The van der Waals surface area contributed by atoms with Gasteiger partial charge in [0.05, 0.1) is 34.2 Å². The van der Waals surface area contributed by atoms with Gasteiger partial charge in [0, 0.05) is 24.1 Å². The van der Waals surface area contributed by atoms with Gasteiger partial charge in [-0.3, -0.25) is 19.2 Å². The van der Waals surface area contributed by atoms with Crippen LogP contribution in [0.5, 0.6) is 5.75 Å². The highest BCUT2D eigenvalue weighted by Gasteiger charge is 2.48. The van der Waals surface area contributed by atoms with Gasteiger partial charge in [0.2, 0.25) is 17.7 Å². The van der Waals surface area contributed by atoms with Gasteiger partial charge in [-0.2, -0.15) is 0 Å². The molecule has 0 bridgehead atoms. The molecule has 5 rings (SSSR count). The van der Waals surface area contributed by atoms with Gasteiger partial charge in [-0.1, -0.05) is 41.4 Å². The van der Waals surface area contributed by atoms with Crippen molar-refractivity contribution in [2.24, 2.45) is 17.8 Å². The van der Waals surface area contributed by atoms with E-state index in [2.05, 4.69) is 0 Å². The summed E-state index contributed by atoms with van der Waals surface area (Å²) in [4.78, 5) is 53.7. The first-order valence-electron chi connectivity index (χ1n) is 10.9. The number of nitrogens with zero attached hydrogens (tertiary/aromatic N) is 2. The summed E-state index contributed by atoms with van der Waals surface area (Å²) < 4.78 is 5.54. The monoisotopic (exact) mass is 498 g/mol. The number of imide groups is 1. The normalized spacial score (nSPS) is 24.1. The van der Waals surface area contributed by atoms with E-state index in [4.69, 9.17) is 27.9 Å². The third-order valence-corrected chi connectivity index (χ3v) is 7.01. The summed E-state index contributed by atoms with van der Waals surface area (Å²) in [6.45, 7) is 0.108. The first-order chi connectivity index (χ1) is 16.3. The van der Waals surface area contributed by atoms with Crippen molar-refractivity contribution in [2.45, 2.75) is 19.3 Å². The second-order valence-electron chi connectivity index (χ2n) is 8.59. The van der Waals surface area contributed by atoms with Crippen LogP contribution >= 0.6 is 23.2 Å². The van der Waals surface area contributed by atoms with Crippen LogP contribution in [0.4, 0.5) is 11.4 Å². The Morgan fingerprint density at radius 1 is 0.941 bits per heavy atom. The quantitative estimate of drug-likeness (QED) is 0.270. The zero-order valence-corrected chi connectivity index (χ0v) is 19.5. The molecule has 0 saturated carbocycles. The number of amides is 3. The smallest absolute Gasteiger partial charge is 0.316 e. The SMILES string of the molecule is O=C(Oc1cccc(N2C(=O)[C@@H]3CC=CC[C@H]3C2=O)c1)[C@@H]1CC(=O)N(c2cc(Cl)ccc2Cl)C1. The molecule has 34 heavy (non-hydrogen) atoms. The van der Waals surface area contributed by atoms with Crippen LogP contribution in [-0.2, 0) is 19.2 Å². The predicted molar refractivity (Wildman–Crippen MR) is 127 cm³/mol. The van der Waals surface area contributed by atoms with E-state index in [1.165, 1.54) is 15.9 Å². The average molecular weight is 499 g/mol. The number of carbonyl (C=O) groups excluding carboxylic acids is 4. The van der Waals surface area contributed by atoms with E-state index in [-0.39, 0.29) is 48.3 Å². The lowest BCUT2D eigenvalue weighted by atomic mass is 9.85. The Bertz CT molecular complexity index is 1220. The van der Waals surface area contributed by atoms with Crippen molar-refractivity contribution in [2.75, 3.05) is 16.3 Å². The third-order valence-electron chi connectivity index (χ3n) is 6.46. The molecule has 0 N–H and O–H groups in total. The fourth-order valence-electron chi connectivity index (χ4n) is 4.73. The number of rotatable bonds is 4. The molecule has 2 fully saturated rings. The van der Waals surface area contributed by atoms with E-state index >= 15 is 0 Å². The summed E-state index contributed by atoms with van der Waals surface area (Å²) >= 11 is 12.2. The molecule has 0 unspecified atom stereocenters. The van der Waals surface area contributed by atoms with Crippen molar-refractivity contribution in [3.63, 3.8) is 0 Å². The molecule has 2 heterocycles. The zero-order chi connectivity index (χ0) is 24.0. The molecule has 0 radical (unpaired) electrons. The van der Waals surface area contributed by atoms with Crippen LogP contribution in [0.25, 0.3) is 0 Å². The number of benzene rings is 2. The number of esters is 1. The average Bonchev–Trinajstić information content (AvgIpc) is 3.33. The molecule has 2 saturated heterocycles. The fraction of sp³-hybridized carbons (Fsp3) is 0.280. The standard InChI is InChI=1S/C25H20Cl2N2O5/c26-15-8-9-20(27)21(11-15)28-13-14(10-22(28)30)25(33)34-17-5-3-4-16(12-17)29-23(31)18-6-1-2-7-19(18)24(29)32/h1-5,8-9,11-12,14,18-19H,6-7,10,13H2/t14-,18-,19-/m1/s1. The summed E-state index contributed by atoms with van der Waals surface area (Å²) in [5.74, 6) is -2.52. The molecule has 3 aliphatic rings. The van der Waals surface area contributed by atoms with Crippen LogP contribution in [0.3, 0.4) is 0 Å². The van der Waals surface area contributed by atoms with Gasteiger partial charge in [0.25, 0.3) is 0 Å². The molecule has 7 nitrogen and oxygen atoms in total. The Balaban J connectivity index is 1.30. The van der Waals surface area contributed by atoms with Crippen molar-refractivity contribution in [1.82, 2.24) is 0 Å². The molecular weight excluding hydrogens is 479 g/mol. The van der Waals surface area contributed by atoms with Crippen molar-refractivity contribution in [1.29, 1.82) is 0 Å². The minimum absolute atomic E-state index is 0.0270. The Kier molecular flexibility index (Phi) is 5.91. The lowest BCUT2D eigenvalue weighted by Gasteiger charge is -2.18. The Labute approximate surface area is 205 Å². The molecule has 1 aliphatic carbocycles. The van der Waals surface area contributed by atoms with E-state index in [9.17, 15) is 19.2 Å². The number of hydrogen-bond acceptors (Lipinski definition) is 5. The summed E-state index contributed by atoms with van der Waals surface area (Å²) in [6, 6.07) is 11.1. The maximum Gasteiger partial charge on any atom is 0.316 e. The fourth-order valence-corrected chi connectivity index (χ4v) is 5.12. The molecule has 2 aliphatic heterocycles. The van der Waals surface area contributed by atoms with Crippen molar-refractivity contribution in [3.8, 4) is 5.75 Å². The highest BCUT2D eigenvalue weighted by atomic mass is 35.5. The second-order valence-corrected chi connectivity index (χ2v) is 9.43. The van der Waals surface area contributed by atoms with E-state index in [0.717, 1.165) is 0 Å². The number of ether oxygens (including phenoxy) is 1. The Hall–Kier alpha value is -3.16. The lowest BCUT2D eigenvalue weighted by molar-refractivity contribution is -0.139. The van der Waals surface area contributed by atoms with Gasteiger partial charge in [0.15, 0.2) is 0 Å². The first kappa shape index (κ1) is 22.6. The highest BCUT2D eigenvalue weighted by molar-refractivity contribution is 6.36. The molecule has 3 amide bonds. The van der Waals surface area contributed by atoms with Crippen LogP contribution in [-0.4, -0.2) is 30.2 Å². The topological polar surface area (TPSA) is 84.0 Å². The minimum Gasteiger partial charge on any atom is -0.426 e. The molecule has 9 heteroatoms. The molecule has 174 valence electrons. The molecular formula is C25H20Cl2N2O5. The number of hydrogen-bond donors (Lipinski definition) is 0. The largest absolute Gasteiger partial charge is 0.426 e. The first-order valence-corrected chi connectivity index (χ1v) is 11.7. The van der Waals surface area contributed by atoms with Gasteiger partial charge in [-0.05, 0) is 43.2 Å². The number of anilines is 2. The van der Waals surface area contributed by atoms with Crippen molar-refractivity contribution in [3.05, 3.63) is 64.7 Å². The van der Waals surface area contributed by atoms with Crippen molar-refractivity contribution >= 4 is 58.3 Å². The molecule has 0 aromatic heterocycles. The molecule has 3 atom stereocenters.